The van der Waals surface area contributed by atoms with E-state index in [1.807, 2.05) is 0 Å². The van der Waals surface area contributed by atoms with Gasteiger partial charge in [-0.25, -0.2) is 18.0 Å². The molecule has 0 saturated carbocycles. The number of anilines is 1. The first-order valence-electron chi connectivity index (χ1n) is 15.1. The number of hydrogen-bond acceptors (Lipinski definition) is 7. The zero-order valence-corrected chi connectivity index (χ0v) is 26.0. The lowest BCUT2D eigenvalue weighted by Crippen LogP contribution is -2.58. The van der Waals surface area contributed by atoms with Gasteiger partial charge in [-0.2, -0.15) is 18.2 Å². The Balaban J connectivity index is 1.50. The summed E-state index contributed by atoms with van der Waals surface area (Å²) in [5, 5.41) is 0.00311. The fraction of sp³-hybridized carbons (Fsp3) is 0.516. The van der Waals surface area contributed by atoms with Gasteiger partial charge in [-0.3, -0.25) is 14.3 Å². The van der Waals surface area contributed by atoms with Crippen molar-refractivity contribution in [1.29, 1.82) is 0 Å². The summed E-state index contributed by atoms with van der Waals surface area (Å²) in [7, 11) is 0. The summed E-state index contributed by atoms with van der Waals surface area (Å²) in [5.41, 5.74) is -3.74. The molecule has 0 N–H and O–H groups in total. The smallest absolute Gasteiger partial charge is 0.375 e. The number of piperazine rings is 1. The maximum atomic E-state index is 15.4. The Morgan fingerprint density at radius 2 is 1.70 bits per heavy atom. The topological polar surface area (TPSA) is 70.9 Å². The number of alkyl halides is 3. The van der Waals surface area contributed by atoms with Crippen LogP contribution < -0.4 is 10.6 Å². The predicted octanol–water partition coefficient (Wildman–Crippen LogP) is 4.89. The minimum Gasteiger partial charge on any atom is -0.375 e. The fourth-order valence-electron chi connectivity index (χ4n) is 7.56. The molecule has 1 aromatic heterocycles. The second-order valence-corrected chi connectivity index (χ2v) is 13.7. The van der Waals surface area contributed by atoms with Crippen molar-refractivity contribution in [3.05, 3.63) is 51.7 Å². The summed E-state index contributed by atoms with van der Waals surface area (Å²) < 4.78 is 96.8. The van der Waals surface area contributed by atoms with Crippen LogP contribution in [0.5, 0.6) is 0 Å². The van der Waals surface area contributed by atoms with E-state index in [-0.39, 0.29) is 77.1 Å². The third kappa shape index (κ3) is 5.05. The Kier molecular flexibility index (Phi) is 7.59. The van der Waals surface area contributed by atoms with Crippen molar-refractivity contribution in [3.63, 3.8) is 0 Å². The summed E-state index contributed by atoms with van der Waals surface area (Å²) in [6, 6.07) is 0.516. The van der Waals surface area contributed by atoms with Gasteiger partial charge >= 0.3 is 11.9 Å². The molecular formula is C31H31F6N5O3S. The van der Waals surface area contributed by atoms with E-state index in [0.29, 0.717) is 25.3 Å². The molecule has 0 spiro atoms. The van der Waals surface area contributed by atoms with Gasteiger partial charge in [0.15, 0.2) is 0 Å². The SMILES string of the molecule is CC(=O)N1C[C@H](C)N(c2nc(=O)n3c4c(c(-c5c(F)cc(F)cc5F)c(C(F)(F)F)cc24)SCC(N2C[C@@H]4C[C@H]2CO4)C3)C[C@H]1C. The number of morpholine rings is 1. The highest BCUT2D eigenvalue weighted by atomic mass is 32.2. The van der Waals surface area contributed by atoms with Crippen LogP contribution in [0.1, 0.15) is 32.8 Å². The van der Waals surface area contributed by atoms with Gasteiger partial charge in [-0.15, -0.1) is 11.8 Å². The molecule has 7 rings (SSSR count). The molecule has 1 amide bonds. The largest absolute Gasteiger partial charge is 0.417 e. The first-order valence-corrected chi connectivity index (χ1v) is 16.1. The van der Waals surface area contributed by atoms with Crippen molar-refractivity contribution in [2.24, 2.45) is 0 Å². The van der Waals surface area contributed by atoms with Gasteiger partial charge in [0.2, 0.25) is 5.91 Å². The molecule has 5 heterocycles. The minimum absolute atomic E-state index is 0.00311. The van der Waals surface area contributed by atoms with Crippen LogP contribution in [0.4, 0.5) is 32.2 Å². The van der Waals surface area contributed by atoms with Gasteiger partial charge in [0.05, 0.1) is 29.4 Å². The van der Waals surface area contributed by atoms with Crippen molar-refractivity contribution in [2.75, 3.05) is 36.9 Å². The fourth-order valence-corrected chi connectivity index (χ4v) is 8.92. The zero-order valence-electron chi connectivity index (χ0n) is 25.2. The van der Waals surface area contributed by atoms with Gasteiger partial charge in [-0.05, 0) is 26.3 Å². The zero-order chi connectivity index (χ0) is 32.8. The Morgan fingerprint density at radius 1 is 0.978 bits per heavy atom. The highest BCUT2D eigenvalue weighted by Crippen LogP contribution is 2.50. The number of amides is 1. The molecule has 4 aliphatic heterocycles. The van der Waals surface area contributed by atoms with E-state index in [0.717, 1.165) is 24.2 Å². The number of fused-ring (bicyclic) bond motifs is 2. The number of likely N-dealkylation sites (tertiary alicyclic amines) is 1. The van der Waals surface area contributed by atoms with Crippen molar-refractivity contribution in [2.45, 2.75) is 75.1 Å². The Morgan fingerprint density at radius 3 is 2.30 bits per heavy atom. The Hall–Kier alpha value is -3.30. The molecule has 1 unspecified atom stereocenters. The standard InChI is InChI=1S/C31H31F6N5O3S/c1-14-9-40(15(2)8-39(14)16(3)43)29-21-7-22(31(35,36)37)25(26-23(33)4-17(32)5-24(26)34)28-27(21)42(30(44)38-29)10-19(13-46-28)41-11-20-6-18(41)12-45-20/h4-5,7,14-15,18-20H,6,8-13H2,1-3H3/t14-,15+,18+,19?,20+/m1/s1. The van der Waals surface area contributed by atoms with E-state index in [1.54, 1.807) is 23.6 Å². The van der Waals surface area contributed by atoms with Gasteiger partial charge in [0, 0.05) is 91.0 Å². The molecule has 0 aliphatic carbocycles. The third-order valence-corrected chi connectivity index (χ3v) is 10.9. The summed E-state index contributed by atoms with van der Waals surface area (Å²) >= 11 is 0.999. The number of hydrogen-bond donors (Lipinski definition) is 0. The summed E-state index contributed by atoms with van der Waals surface area (Å²) in [4.78, 5) is 36.0. The number of aromatic nitrogens is 2. The van der Waals surface area contributed by atoms with Crippen LogP contribution in [-0.4, -0.2) is 87.5 Å². The average Bonchev–Trinajstić information content (AvgIpc) is 3.54. The van der Waals surface area contributed by atoms with Crippen LogP contribution in [0.2, 0.25) is 0 Å². The number of nitrogens with zero attached hydrogens (tertiary/aromatic N) is 5. The molecule has 46 heavy (non-hydrogen) atoms. The van der Waals surface area contributed by atoms with Crippen LogP contribution in [0.3, 0.4) is 0 Å². The Labute approximate surface area is 264 Å². The number of halogens is 6. The molecule has 3 fully saturated rings. The summed E-state index contributed by atoms with van der Waals surface area (Å²) in [6.07, 6.45) is -4.27. The van der Waals surface area contributed by atoms with E-state index >= 15 is 22.0 Å². The van der Waals surface area contributed by atoms with Crippen LogP contribution in [0, 0.1) is 17.5 Å². The summed E-state index contributed by atoms with van der Waals surface area (Å²) in [6.45, 7) is 6.65. The molecule has 3 aromatic rings. The normalized spacial score (nSPS) is 26.7. The maximum absolute atomic E-state index is 15.4. The number of thioether (sulfide) groups is 1. The lowest BCUT2D eigenvalue weighted by atomic mass is 9.95. The second kappa shape index (κ2) is 11.2. The second-order valence-electron chi connectivity index (χ2n) is 12.6. The molecule has 0 radical (unpaired) electrons. The first-order chi connectivity index (χ1) is 21.7. The molecule has 2 bridgehead atoms. The van der Waals surface area contributed by atoms with Gasteiger partial charge in [-0.1, -0.05) is 0 Å². The molecular weight excluding hydrogens is 636 g/mol. The minimum atomic E-state index is -5.09. The quantitative estimate of drug-likeness (QED) is 0.369. The van der Waals surface area contributed by atoms with E-state index in [2.05, 4.69) is 9.88 Å². The van der Waals surface area contributed by atoms with Crippen LogP contribution in [0.25, 0.3) is 22.0 Å². The number of carbonyl (C=O) groups excluding carboxylic acids is 1. The number of ether oxygens (including phenoxy) is 1. The van der Waals surface area contributed by atoms with E-state index in [4.69, 9.17) is 4.74 Å². The molecule has 4 aliphatic rings. The lowest BCUT2D eigenvalue weighted by molar-refractivity contribution is -0.137. The average molecular weight is 668 g/mol. The van der Waals surface area contributed by atoms with Gasteiger partial charge < -0.3 is 14.5 Å². The van der Waals surface area contributed by atoms with Crippen molar-refractivity contribution in [1.82, 2.24) is 19.4 Å². The molecule has 8 nitrogen and oxygen atoms in total. The number of carbonyl (C=O) groups is 1. The maximum Gasteiger partial charge on any atom is 0.417 e. The monoisotopic (exact) mass is 667 g/mol. The Bertz CT molecular complexity index is 1800. The van der Waals surface area contributed by atoms with Crippen molar-refractivity contribution < 1.29 is 35.9 Å². The van der Waals surface area contributed by atoms with E-state index in [1.165, 1.54) is 11.5 Å². The molecule has 15 heteroatoms. The number of rotatable bonds is 3. The molecule has 3 saturated heterocycles. The molecule has 5 atom stereocenters. The van der Waals surface area contributed by atoms with Crippen LogP contribution >= 0.6 is 11.8 Å². The first kappa shape index (κ1) is 31.3. The van der Waals surface area contributed by atoms with Crippen molar-refractivity contribution >= 4 is 34.4 Å². The summed E-state index contributed by atoms with van der Waals surface area (Å²) in [5.74, 6) is -4.17. The third-order valence-electron chi connectivity index (χ3n) is 9.65. The van der Waals surface area contributed by atoms with E-state index < -0.39 is 52.0 Å². The highest BCUT2D eigenvalue weighted by Gasteiger charge is 2.45. The lowest BCUT2D eigenvalue weighted by Gasteiger charge is -2.44. The van der Waals surface area contributed by atoms with Crippen LogP contribution in [-0.2, 0) is 22.3 Å². The van der Waals surface area contributed by atoms with Crippen LogP contribution in [0.15, 0.2) is 27.9 Å². The van der Waals surface area contributed by atoms with E-state index in [9.17, 15) is 14.0 Å². The molecule has 2 aromatic carbocycles. The number of benzene rings is 2. The van der Waals surface area contributed by atoms with Gasteiger partial charge in [0.25, 0.3) is 0 Å². The highest BCUT2D eigenvalue weighted by molar-refractivity contribution is 7.99. The van der Waals surface area contributed by atoms with Crippen molar-refractivity contribution in [3.8, 4) is 11.1 Å². The predicted molar refractivity (Wildman–Crippen MR) is 159 cm³/mol. The molecule has 246 valence electrons. The van der Waals surface area contributed by atoms with Gasteiger partial charge in [0.1, 0.15) is 23.3 Å².